The van der Waals surface area contributed by atoms with Gasteiger partial charge in [0.1, 0.15) is 0 Å². The zero-order valence-electron chi connectivity index (χ0n) is 11.0. The number of carbonyl (C=O) groups is 2. The third kappa shape index (κ3) is 4.68. The molecule has 0 aliphatic heterocycles. The van der Waals surface area contributed by atoms with Gasteiger partial charge in [0.25, 0.3) is 5.69 Å². The Morgan fingerprint density at radius 3 is 2.70 bits per heavy atom. The highest BCUT2D eigenvalue weighted by atomic mass is 16.6. The molecule has 0 aliphatic rings. The van der Waals surface area contributed by atoms with E-state index in [1.54, 1.807) is 13.0 Å². The van der Waals surface area contributed by atoms with Crippen LogP contribution in [0.2, 0.25) is 0 Å². The molecular weight excluding hydrogens is 264 g/mol. The molecule has 20 heavy (non-hydrogen) atoms. The van der Waals surface area contributed by atoms with Crippen LogP contribution in [0.25, 0.3) is 0 Å². The normalized spacial score (nSPS) is 11.7. The van der Waals surface area contributed by atoms with Gasteiger partial charge in [-0.3, -0.25) is 19.7 Å². The number of nitro groups is 1. The lowest BCUT2D eigenvalue weighted by molar-refractivity contribution is -0.384. The Hall–Kier alpha value is -2.44. The Bertz CT molecular complexity index is 515. The van der Waals surface area contributed by atoms with E-state index in [-0.39, 0.29) is 24.4 Å². The first-order valence-corrected chi connectivity index (χ1v) is 6.21. The van der Waals surface area contributed by atoms with E-state index < -0.39 is 16.8 Å². The summed E-state index contributed by atoms with van der Waals surface area (Å²) in [4.78, 5) is 32.5. The second kappa shape index (κ2) is 7.22. The lowest BCUT2D eigenvalue weighted by Crippen LogP contribution is -2.17. The van der Waals surface area contributed by atoms with Gasteiger partial charge in [0.2, 0.25) is 5.91 Å². The number of carboxylic acids is 1. The molecule has 0 saturated carbocycles. The number of carboxylic acid groups (broad SMARTS) is 1. The monoisotopic (exact) mass is 280 g/mol. The van der Waals surface area contributed by atoms with Crippen molar-refractivity contribution in [3.8, 4) is 0 Å². The SMILES string of the molecule is CC[C@H](CCC(=O)Nc1cccc([N+](=O)[O-])c1)C(=O)O. The van der Waals surface area contributed by atoms with Gasteiger partial charge in [0.05, 0.1) is 10.8 Å². The fraction of sp³-hybridized carbons (Fsp3) is 0.385. The van der Waals surface area contributed by atoms with Gasteiger partial charge in [-0.05, 0) is 18.9 Å². The van der Waals surface area contributed by atoms with E-state index in [0.717, 1.165) is 0 Å². The van der Waals surface area contributed by atoms with Crippen LogP contribution in [0.5, 0.6) is 0 Å². The first kappa shape index (κ1) is 15.6. The van der Waals surface area contributed by atoms with Crippen molar-refractivity contribution in [2.24, 2.45) is 5.92 Å². The minimum Gasteiger partial charge on any atom is -0.481 e. The number of nitrogens with zero attached hydrogens (tertiary/aromatic N) is 1. The molecule has 0 aromatic heterocycles. The number of benzene rings is 1. The van der Waals surface area contributed by atoms with E-state index in [2.05, 4.69) is 5.32 Å². The van der Waals surface area contributed by atoms with Crippen molar-refractivity contribution in [3.63, 3.8) is 0 Å². The molecule has 1 rings (SSSR count). The van der Waals surface area contributed by atoms with Gasteiger partial charge in [-0.1, -0.05) is 13.0 Å². The Kier molecular flexibility index (Phi) is 5.64. The number of rotatable bonds is 7. The third-order valence-electron chi connectivity index (χ3n) is 2.90. The average molecular weight is 280 g/mol. The maximum atomic E-state index is 11.7. The Balaban J connectivity index is 2.56. The molecule has 7 nitrogen and oxygen atoms in total. The van der Waals surface area contributed by atoms with Crippen LogP contribution in [0.1, 0.15) is 26.2 Å². The van der Waals surface area contributed by atoms with Crippen LogP contribution in [-0.4, -0.2) is 21.9 Å². The number of hydrogen-bond acceptors (Lipinski definition) is 4. The highest BCUT2D eigenvalue weighted by Crippen LogP contribution is 2.18. The van der Waals surface area contributed by atoms with E-state index in [9.17, 15) is 19.7 Å². The summed E-state index contributed by atoms with van der Waals surface area (Å²) < 4.78 is 0. The Labute approximate surface area is 115 Å². The fourth-order valence-corrected chi connectivity index (χ4v) is 1.73. The molecule has 0 saturated heterocycles. The number of carbonyl (C=O) groups excluding carboxylic acids is 1. The summed E-state index contributed by atoms with van der Waals surface area (Å²) in [6.45, 7) is 1.75. The van der Waals surface area contributed by atoms with Crippen LogP contribution in [0.3, 0.4) is 0 Å². The zero-order chi connectivity index (χ0) is 15.1. The number of anilines is 1. The topological polar surface area (TPSA) is 110 Å². The van der Waals surface area contributed by atoms with Gasteiger partial charge in [-0.15, -0.1) is 0 Å². The molecule has 0 fully saturated rings. The van der Waals surface area contributed by atoms with Crippen molar-refractivity contribution in [1.82, 2.24) is 0 Å². The van der Waals surface area contributed by atoms with Gasteiger partial charge in [-0.2, -0.15) is 0 Å². The molecule has 1 aromatic rings. The van der Waals surface area contributed by atoms with Gasteiger partial charge in [0, 0.05) is 24.2 Å². The minimum absolute atomic E-state index is 0.0630. The number of nitro benzene ring substituents is 1. The lowest BCUT2D eigenvalue weighted by atomic mass is 10.0. The number of amides is 1. The second-order valence-electron chi connectivity index (χ2n) is 4.34. The summed E-state index contributed by atoms with van der Waals surface area (Å²) in [5, 5.41) is 22.0. The smallest absolute Gasteiger partial charge is 0.306 e. The maximum absolute atomic E-state index is 11.7. The molecule has 2 N–H and O–H groups in total. The predicted molar refractivity (Wildman–Crippen MR) is 72.4 cm³/mol. The second-order valence-corrected chi connectivity index (χ2v) is 4.34. The van der Waals surface area contributed by atoms with E-state index in [4.69, 9.17) is 5.11 Å². The predicted octanol–water partition coefficient (Wildman–Crippen LogP) is 2.42. The van der Waals surface area contributed by atoms with Crippen molar-refractivity contribution < 1.29 is 19.6 Å². The van der Waals surface area contributed by atoms with E-state index in [1.807, 2.05) is 0 Å². The van der Waals surface area contributed by atoms with Crippen molar-refractivity contribution in [3.05, 3.63) is 34.4 Å². The highest BCUT2D eigenvalue weighted by molar-refractivity contribution is 5.91. The fourth-order valence-electron chi connectivity index (χ4n) is 1.73. The largest absolute Gasteiger partial charge is 0.481 e. The van der Waals surface area contributed by atoms with Crippen LogP contribution < -0.4 is 5.32 Å². The molecule has 0 radical (unpaired) electrons. The van der Waals surface area contributed by atoms with E-state index in [0.29, 0.717) is 12.1 Å². The molecule has 0 aliphatic carbocycles. The summed E-state index contributed by atoms with van der Waals surface area (Å²) >= 11 is 0. The van der Waals surface area contributed by atoms with E-state index >= 15 is 0 Å². The maximum Gasteiger partial charge on any atom is 0.306 e. The number of hydrogen-bond donors (Lipinski definition) is 2. The van der Waals surface area contributed by atoms with Gasteiger partial charge in [0.15, 0.2) is 0 Å². The first-order chi connectivity index (χ1) is 9.43. The Morgan fingerprint density at radius 2 is 2.15 bits per heavy atom. The summed E-state index contributed by atoms with van der Waals surface area (Å²) in [5.74, 6) is -1.83. The van der Waals surface area contributed by atoms with Crippen molar-refractivity contribution in [2.45, 2.75) is 26.2 Å². The molecule has 0 unspecified atom stereocenters. The van der Waals surface area contributed by atoms with Crippen LogP contribution in [0, 0.1) is 16.0 Å². The zero-order valence-corrected chi connectivity index (χ0v) is 11.0. The highest BCUT2D eigenvalue weighted by Gasteiger charge is 2.16. The molecule has 1 amide bonds. The van der Waals surface area contributed by atoms with Crippen LogP contribution in [-0.2, 0) is 9.59 Å². The number of aliphatic carboxylic acids is 1. The van der Waals surface area contributed by atoms with Gasteiger partial charge in [-0.25, -0.2) is 0 Å². The van der Waals surface area contributed by atoms with Crippen LogP contribution in [0.4, 0.5) is 11.4 Å². The lowest BCUT2D eigenvalue weighted by Gasteiger charge is -2.09. The summed E-state index contributed by atoms with van der Waals surface area (Å²) in [7, 11) is 0. The molecule has 7 heteroatoms. The molecule has 0 spiro atoms. The van der Waals surface area contributed by atoms with Crippen molar-refractivity contribution >= 4 is 23.3 Å². The quantitative estimate of drug-likeness (QED) is 0.588. The molecule has 0 bridgehead atoms. The summed E-state index contributed by atoms with van der Waals surface area (Å²) in [6.07, 6.45) is 0.763. The number of non-ortho nitro benzene ring substituents is 1. The van der Waals surface area contributed by atoms with Gasteiger partial charge >= 0.3 is 5.97 Å². The molecule has 0 heterocycles. The third-order valence-corrected chi connectivity index (χ3v) is 2.90. The first-order valence-electron chi connectivity index (χ1n) is 6.21. The standard InChI is InChI=1S/C13H16N2O5/c1-2-9(13(17)18)6-7-12(16)14-10-4-3-5-11(8-10)15(19)20/h3-5,8-9H,2,6-7H2,1H3,(H,14,16)(H,17,18)/t9-/m1/s1. The molecule has 1 aromatic carbocycles. The van der Waals surface area contributed by atoms with Crippen molar-refractivity contribution in [1.29, 1.82) is 0 Å². The van der Waals surface area contributed by atoms with Crippen molar-refractivity contribution in [2.75, 3.05) is 5.32 Å². The van der Waals surface area contributed by atoms with Crippen LogP contribution in [0.15, 0.2) is 24.3 Å². The molecular formula is C13H16N2O5. The van der Waals surface area contributed by atoms with Gasteiger partial charge < -0.3 is 10.4 Å². The molecule has 1 atom stereocenters. The summed E-state index contributed by atoms with van der Waals surface area (Å²) in [5.41, 5.74) is 0.215. The Morgan fingerprint density at radius 1 is 1.45 bits per heavy atom. The summed E-state index contributed by atoms with van der Waals surface area (Å²) in [6, 6.07) is 5.60. The molecule has 108 valence electrons. The minimum atomic E-state index is -0.921. The van der Waals surface area contributed by atoms with E-state index in [1.165, 1.54) is 18.2 Å². The average Bonchev–Trinajstić information content (AvgIpc) is 2.39. The number of nitrogens with one attached hydrogen (secondary N) is 1. The van der Waals surface area contributed by atoms with Crippen LogP contribution >= 0.6 is 0 Å².